The van der Waals surface area contributed by atoms with Crippen molar-refractivity contribution in [3.63, 3.8) is 0 Å². The molecule has 0 aliphatic heterocycles. The zero-order chi connectivity index (χ0) is 21.0. The minimum Gasteiger partial charge on any atom is -0.370 e. The lowest BCUT2D eigenvalue weighted by Crippen LogP contribution is -2.15. The first-order valence-electron chi connectivity index (χ1n) is 9.49. The van der Waals surface area contributed by atoms with Gasteiger partial charge in [0, 0.05) is 30.7 Å². The molecule has 2 heterocycles. The van der Waals surface area contributed by atoms with E-state index in [2.05, 4.69) is 33.7 Å². The highest BCUT2D eigenvalue weighted by Gasteiger charge is 2.18. The Bertz CT molecular complexity index is 983. The predicted octanol–water partition coefficient (Wildman–Crippen LogP) is 3.79. The molecule has 1 amide bonds. The molecule has 0 bridgehead atoms. The minimum atomic E-state index is -0.339. The molecule has 9 heteroatoms. The maximum Gasteiger partial charge on any atom is 0.217 e. The van der Waals surface area contributed by atoms with Crippen LogP contribution in [-0.4, -0.2) is 30.5 Å². The number of carbonyl (C=O) groups excluding carboxylic acids is 1. The lowest BCUT2D eigenvalue weighted by atomic mass is 10.2. The van der Waals surface area contributed by atoms with Gasteiger partial charge in [-0.2, -0.15) is 5.10 Å². The van der Waals surface area contributed by atoms with Gasteiger partial charge in [-0.25, -0.2) is 4.68 Å². The second-order valence-electron chi connectivity index (χ2n) is 7.26. The first-order chi connectivity index (χ1) is 13.9. The lowest BCUT2D eigenvalue weighted by molar-refractivity contribution is -0.118. The predicted molar refractivity (Wildman–Crippen MR) is 115 cm³/mol. The SMILES string of the molecule is Cc1nn(-c2ccccc2)c(Cl)c1CSc1nnc(CCC(N)=O)n1CC(C)C. The number of hydrogen-bond donors (Lipinski definition) is 1. The number of hydrogen-bond acceptors (Lipinski definition) is 5. The third-order valence-corrected chi connectivity index (χ3v) is 5.79. The number of primary amides is 1. The van der Waals surface area contributed by atoms with Gasteiger partial charge in [-0.3, -0.25) is 4.79 Å². The summed E-state index contributed by atoms with van der Waals surface area (Å²) in [7, 11) is 0. The van der Waals surface area contributed by atoms with E-state index in [9.17, 15) is 4.79 Å². The molecule has 154 valence electrons. The molecule has 0 spiro atoms. The molecule has 3 rings (SSSR count). The first-order valence-corrected chi connectivity index (χ1v) is 10.9. The van der Waals surface area contributed by atoms with E-state index in [1.54, 1.807) is 16.4 Å². The Kier molecular flexibility index (Phi) is 6.97. The van der Waals surface area contributed by atoms with Crippen LogP contribution < -0.4 is 5.73 Å². The van der Waals surface area contributed by atoms with Crippen LogP contribution in [0.15, 0.2) is 35.5 Å². The molecule has 0 atom stereocenters. The molecular weight excluding hydrogens is 408 g/mol. The third-order valence-electron chi connectivity index (χ3n) is 4.40. The normalized spacial score (nSPS) is 11.3. The maximum absolute atomic E-state index is 11.2. The average Bonchev–Trinajstić information content (AvgIpc) is 3.19. The van der Waals surface area contributed by atoms with E-state index in [4.69, 9.17) is 17.3 Å². The van der Waals surface area contributed by atoms with Crippen LogP contribution in [-0.2, 0) is 23.5 Å². The number of aryl methyl sites for hydroxylation is 2. The Labute approximate surface area is 179 Å². The van der Waals surface area contributed by atoms with Gasteiger partial charge < -0.3 is 10.3 Å². The molecule has 2 N–H and O–H groups in total. The van der Waals surface area contributed by atoms with Crippen LogP contribution in [0.25, 0.3) is 5.69 Å². The molecule has 1 aromatic carbocycles. The van der Waals surface area contributed by atoms with Crippen molar-refractivity contribution < 1.29 is 4.79 Å². The smallest absolute Gasteiger partial charge is 0.217 e. The van der Waals surface area contributed by atoms with E-state index >= 15 is 0 Å². The minimum absolute atomic E-state index is 0.260. The summed E-state index contributed by atoms with van der Waals surface area (Å²) < 4.78 is 3.83. The number of halogens is 1. The Balaban J connectivity index is 1.81. The van der Waals surface area contributed by atoms with Crippen LogP contribution >= 0.6 is 23.4 Å². The molecule has 0 saturated heterocycles. The fourth-order valence-electron chi connectivity index (χ4n) is 2.97. The summed E-state index contributed by atoms with van der Waals surface area (Å²) in [6, 6.07) is 9.82. The van der Waals surface area contributed by atoms with Crippen molar-refractivity contribution in [1.29, 1.82) is 0 Å². The second-order valence-corrected chi connectivity index (χ2v) is 8.56. The highest BCUT2D eigenvalue weighted by atomic mass is 35.5. The fourth-order valence-corrected chi connectivity index (χ4v) is 4.44. The molecule has 7 nitrogen and oxygen atoms in total. The number of amides is 1. The number of rotatable bonds is 9. The molecule has 0 aliphatic rings. The van der Waals surface area contributed by atoms with Gasteiger partial charge in [0.25, 0.3) is 0 Å². The van der Waals surface area contributed by atoms with E-state index in [1.807, 2.05) is 37.3 Å². The van der Waals surface area contributed by atoms with Crippen molar-refractivity contribution in [3.8, 4) is 5.69 Å². The van der Waals surface area contributed by atoms with Gasteiger partial charge in [0.15, 0.2) is 5.16 Å². The molecule has 0 aliphatic carbocycles. The van der Waals surface area contributed by atoms with Crippen molar-refractivity contribution in [2.45, 2.75) is 51.1 Å². The fraction of sp³-hybridized carbons (Fsp3) is 0.400. The summed E-state index contributed by atoms with van der Waals surface area (Å²) in [5.74, 6) is 1.49. The van der Waals surface area contributed by atoms with E-state index in [1.165, 1.54) is 0 Å². The van der Waals surface area contributed by atoms with Crippen LogP contribution in [0.2, 0.25) is 5.15 Å². The molecule has 29 heavy (non-hydrogen) atoms. The number of aromatic nitrogens is 5. The number of thioether (sulfide) groups is 1. The lowest BCUT2D eigenvalue weighted by Gasteiger charge is -2.12. The van der Waals surface area contributed by atoms with Gasteiger partial charge in [0.05, 0.1) is 11.4 Å². The van der Waals surface area contributed by atoms with Crippen molar-refractivity contribution in [1.82, 2.24) is 24.5 Å². The van der Waals surface area contributed by atoms with Crippen LogP contribution in [0.3, 0.4) is 0 Å². The van der Waals surface area contributed by atoms with Gasteiger partial charge in [0.2, 0.25) is 5.91 Å². The second kappa shape index (κ2) is 9.45. The number of para-hydroxylation sites is 1. The zero-order valence-corrected chi connectivity index (χ0v) is 18.4. The highest BCUT2D eigenvalue weighted by Crippen LogP contribution is 2.30. The van der Waals surface area contributed by atoms with Crippen molar-refractivity contribution in [2.24, 2.45) is 11.7 Å². The van der Waals surface area contributed by atoms with Gasteiger partial charge in [-0.05, 0) is 25.0 Å². The average molecular weight is 433 g/mol. The van der Waals surface area contributed by atoms with Crippen molar-refractivity contribution in [2.75, 3.05) is 0 Å². The van der Waals surface area contributed by atoms with Gasteiger partial charge >= 0.3 is 0 Å². The monoisotopic (exact) mass is 432 g/mol. The highest BCUT2D eigenvalue weighted by molar-refractivity contribution is 7.98. The Hall–Kier alpha value is -2.32. The quantitative estimate of drug-likeness (QED) is 0.519. The molecule has 0 unspecified atom stereocenters. The standard InChI is InChI=1S/C20H25ClN6OS/c1-13(2)11-26-18(10-9-17(22)28)23-24-20(26)29-12-16-14(3)25-27(19(16)21)15-7-5-4-6-8-15/h4-8,13H,9-12H2,1-3H3,(H2,22,28). The molecule has 2 aromatic heterocycles. The van der Waals surface area contributed by atoms with Crippen LogP contribution in [0, 0.1) is 12.8 Å². The van der Waals surface area contributed by atoms with Gasteiger partial charge in [0.1, 0.15) is 11.0 Å². The number of benzene rings is 1. The third kappa shape index (κ3) is 5.19. The Morgan fingerprint density at radius 3 is 2.62 bits per heavy atom. The van der Waals surface area contributed by atoms with Crippen LogP contribution in [0.1, 0.15) is 37.4 Å². The van der Waals surface area contributed by atoms with E-state index < -0.39 is 0 Å². The summed E-state index contributed by atoms with van der Waals surface area (Å²) in [6.07, 6.45) is 0.747. The molecule has 0 saturated carbocycles. The number of carbonyl (C=O) groups is 1. The summed E-state index contributed by atoms with van der Waals surface area (Å²) >= 11 is 8.21. The maximum atomic E-state index is 11.2. The van der Waals surface area contributed by atoms with Crippen LogP contribution in [0.5, 0.6) is 0 Å². The van der Waals surface area contributed by atoms with Crippen molar-refractivity contribution in [3.05, 3.63) is 52.6 Å². The number of nitrogens with zero attached hydrogens (tertiary/aromatic N) is 5. The topological polar surface area (TPSA) is 91.6 Å². The summed E-state index contributed by atoms with van der Waals surface area (Å²) in [6.45, 7) is 7.01. The Morgan fingerprint density at radius 2 is 1.97 bits per heavy atom. The molecule has 0 radical (unpaired) electrons. The van der Waals surface area contributed by atoms with E-state index in [0.29, 0.717) is 23.2 Å². The van der Waals surface area contributed by atoms with E-state index in [0.717, 1.165) is 34.5 Å². The molecule has 3 aromatic rings. The molecular formula is C20H25ClN6OS. The van der Waals surface area contributed by atoms with Gasteiger partial charge in [-0.1, -0.05) is 55.4 Å². The summed E-state index contributed by atoms with van der Waals surface area (Å²) in [5.41, 5.74) is 8.07. The van der Waals surface area contributed by atoms with Crippen LogP contribution in [0.4, 0.5) is 0 Å². The zero-order valence-electron chi connectivity index (χ0n) is 16.8. The van der Waals surface area contributed by atoms with Crippen molar-refractivity contribution >= 4 is 29.3 Å². The molecule has 0 fully saturated rings. The first kappa shape index (κ1) is 21.4. The Morgan fingerprint density at radius 1 is 1.24 bits per heavy atom. The van der Waals surface area contributed by atoms with Gasteiger partial charge in [-0.15, -0.1) is 10.2 Å². The van der Waals surface area contributed by atoms with E-state index in [-0.39, 0.29) is 12.3 Å². The largest absolute Gasteiger partial charge is 0.370 e. The summed E-state index contributed by atoms with van der Waals surface area (Å²) in [5, 5.41) is 14.6. The summed E-state index contributed by atoms with van der Waals surface area (Å²) in [4.78, 5) is 11.2. The number of nitrogens with two attached hydrogens (primary N) is 1.